The Labute approximate surface area is 84.4 Å². The van der Waals surface area contributed by atoms with Crippen molar-refractivity contribution in [1.82, 2.24) is 4.57 Å². The van der Waals surface area contributed by atoms with Gasteiger partial charge in [0.05, 0.1) is 0 Å². The van der Waals surface area contributed by atoms with Crippen LogP contribution in [0.15, 0.2) is 18.3 Å². The first-order chi connectivity index (χ1) is 6.69. The van der Waals surface area contributed by atoms with E-state index in [0.717, 1.165) is 19.4 Å². The lowest BCUT2D eigenvalue weighted by Gasteiger charge is -2.14. The van der Waals surface area contributed by atoms with Gasteiger partial charge in [0.1, 0.15) is 5.69 Å². The van der Waals surface area contributed by atoms with Crippen LogP contribution < -0.4 is 0 Å². The topological polar surface area (TPSA) is 42.2 Å². The minimum absolute atomic E-state index is 0.386. The summed E-state index contributed by atoms with van der Waals surface area (Å²) in [5.41, 5.74) is 0.386. The zero-order chi connectivity index (χ0) is 10.6. The molecule has 1 aromatic rings. The zero-order valence-corrected chi connectivity index (χ0v) is 8.73. The van der Waals surface area contributed by atoms with Gasteiger partial charge in [-0.25, -0.2) is 4.79 Å². The molecule has 0 unspecified atom stereocenters. The van der Waals surface area contributed by atoms with Crippen LogP contribution >= 0.6 is 0 Å². The summed E-state index contributed by atoms with van der Waals surface area (Å²) in [5, 5.41) is 8.89. The van der Waals surface area contributed by atoms with Gasteiger partial charge < -0.3 is 9.67 Å². The molecule has 0 saturated heterocycles. The van der Waals surface area contributed by atoms with E-state index in [2.05, 4.69) is 13.8 Å². The monoisotopic (exact) mass is 195 g/mol. The van der Waals surface area contributed by atoms with Gasteiger partial charge in [0.25, 0.3) is 0 Å². The van der Waals surface area contributed by atoms with Crippen molar-refractivity contribution in [2.75, 3.05) is 0 Å². The van der Waals surface area contributed by atoms with E-state index in [1.54, 1.807) is 12.1 Å². The quantitative estimate of drug-likeness (QED) is 0.784. The SMILES string of the molecule is CCC(CC)Cn1cccc1C(=O)O. The number of nitrogens with zero attached hydrogens (tertiary/aromatic N) is 1. The molecule has 0 atom stereocenters. The highest BCUT2D eigenvalue weighted by Gasteiger charge is 2.11. The standard InChI is InChI=1S/C11H17NO2/c1-3-9(4-2)8-12-7-5-6-10(12)11(13)14/h5-7,9H,3-4,8H2,1-2H3,(H,13,14). The highest BCUT2D eigenvalue weighted by molar-refractivity contribution is 5.85. The minimum Gasteiger partial charge on any atom is -0.477 e. The molecule has 3 heteroatoms. The Balaban J connectivity index is 2.75. The van der Waals surface area contributed by atoms with Gasteiger partial charge in [0.15, 0.2) is 0 Å². The van der Waals surface area contributed by atoms with E-state index < -0.39 is 5.97 Å². The molecule has 3 nitrogen and oxygen atoms in total. The third kappa shape index (κ3) is 2.37. The van der Waals surface area contributed by atoms with E-state index in [9.17, 15) is 4.79 Å². The fourth-order valence-electron chi connectivity index (χ4n) is 1.59. The van der Waals surface area contributed by atoms with Crippen LogP contribution in [0.3, 0.4) is 0 Å². The lowest BCUT2D eigenvalue weighted by molar-refractivity contribution is 0.0683. The lowest BCUT2D eigenvalue weighted by Crippen LogP contribution is -2.13. The van der Waals surface area contributed by atoms with E-state index in [-0.39, 0.29) is 0 Å². The third-order valence-electron chi connectivity index (χ3n) is 2.66. The summed E-state index contributed by atoms with van der Waals surface area (Å²) in [4.78, 5) is 10.8. The second-order valence-electron chi connectivity index (χ2n) is 3.53. The maximum absolute atomic E-state index is 10.8. The first kappa shape index (κ1) is 10.8. The van der Waals surface area contributed by atoms with Crippen LogP contribution in [0.4, 0.5) is 0 Å². The Kier molecular flexibility index (Phi) is 3.74. The van der Waals surface area contributed by atoms with Crippen molar-refractivity contribution in [3.63, 3.8) is 0 Å². The molecule has 1 heterocycles. The molecule has 1 N–H and O–H groups in total. The second-order valence-corrected chi connectivity index (χ2v) is 3.53. The number of carbonyl (C=O) groups is 1. The summed E-state index contributed by atoms with van der Waals surface area (Å²) < 4.78 is 1.82. The fourth-order valence-corrected chi connectivity index (χ4v) is 1.59. The van der Waals surface area contributed by atoms with Crippen LogP contribution in [0.2, 0.25) is 0 Å². The second kappa shape index (κ2) is 4.84. The van der Waals surface area contributed by atoms with Crippen molar-refractivity contribution in [2.24, 2.45) is 5.92 Å². The van der Waals surface area contributed by atoms with Crippen molar-refractivity contribution < 1.29 is 9.90 Å². The largest absolute Gasteiger partial charge is 0.477 e. The Morgan fingerprint density at radius 3 is 2.64 bits per heavy atom. The molecule has 78 valence electrons. The van der Waals surface area contributed by atoms with Crippen molar-refractivity contribution >= 4 is 5.97 Å². The number of aromatic nitrogens is 1. The maximum atomic E-state index is 10.8. The number of carboxylic acid groups (broad SMARTS) is 1. The molecular weight excluding hydrogens is 178 g/mol. The molecule has 0 aliphatic heterocycles. The van der Waals surface area contributed by atoms with E-state index in [0.29, 0.717) is 11.6 Å². The van der Waals surface area contributed by atoms with Crippen LogP contribution in [0.1, 0.15) is 37.2 Å². The van der Waals surface area contributed by atoms with Crippen LogP contribution in [0.5, 0.6) is 0 Å². The van der Waals surface area contributed by atoms with Crippen LogP contribution in [-0.2, 0) is 6.54 Å². The van der Waals surface area contributed by atoms with Crippen molar-refractivity contribution in [1.29, 1.82) is 0 Å². The molecule has 0 amide bonds. The summed E-state index contributed by atoms with van der Waals surface area (Å²) >= 11 is 0. The van der Waals surface area contributed by atoms with Gasteiger partial charge in [-0.05, 0) is 18.1 Å². The van der Waals surface area contributed by atoms with Gasteiger partial charge in [-0.3, -0.25) is 0 Å². The van der Waals surface area contributed by atoms with E-state index in [1.165, 1.54) is 0 Å². The summed E-state index contributed by atoms with van der Waals surface area (Å²) in [6.07, 6.45) is 4.02. The Morgan fingerprint density at radius 2 is 2.14 bits per heavy atom. The van der Waals surface area contributed by atoms with Crippen molar-refractivity contribution in [2.45, 2.75) is 33.2 Å². The third-order valence-corrected chi connectivity index (χ3v) is 2.66. The summed E-state index contributed by atoms with van der Waals surface area (Å²) in [6, 6.07) is 3.43. The highest BCUT2D eigenvalue weighted by atomic mass is 16.4. The molecule has 0 fully saturated rings. The molecule has 1 rings (SSSR count). The predicted molar refractivity (Wildman–Crippen MR) is 55.5 cm³/mol. The summed E-state index contributed by atoms with van der Waals surface area (Å²) in [6.45, 7) is 5.08. The normalized spacial score (nSPS) is 10.8. The van der Waals surface area contributed by atoms with E-state index >= 15 is 0 Å². The Bertz CT molecular complexity index is 300. The molecule has 0 aliphatic carbocycles. The molecule has 0 spiro atoms. The summed E-state index contributed by atoms with van der Waals surface area (Å²) in [5.74, 6) is -0.276. The van der Waals surface area contributed by atoms with E-state index in [4.69, 9.17) is 5.11 Å². The molecule has 0 aliphatic rings. The molecular formula is C11H17NO2. The molecule has 0 aromatic carbocycles. The predicted octanol–water partition coefficient (Wildman–Crippen LogP) is 2.62. The average molecular weight is 195 g/mol. The van der Waals surface area contributed by atoms with Gasteiger partial charge in [-0.2, -0.15) is 0 Å². The Morgan fingerprint density at radius 1 is 1.50 bits per heavy atom. The number of rotatable bonds is 5. The first-order valence-electron chi connectivity index (χ1n) is 5.07. The van der Waals surface area contributed by atoms with Gasteiger partial charge in [-0.1, -0.05) is 26.7 Å². The smallest absolute Gasteiger partial charge is 0.352 e. The molecule has 0 radical (unpaired) electrons. The van der Waals surface area contributed by atoms with Crippen molar-refractivity contribution in [3.05, 3.63) is 24.0 Å². The van der Waals surface area contributed by atoms with Crippen LogP contribution in [0.25, 0.3) is 0 Å². The first-order valence-corrected chi connectivity index (χ1v) is 5.07. The van der Waals surface area contributed by atoms with Crippen molar-refractivity contribution in [3.8, 4) is 0 Å². The fraction of sp³-hybridized carbons (Fsp3) is 0.545. The van der Waals surface area contributed by atoms with E-state index in [1.807, 2.05) is 10.8 Å². The summed E-state index contributed by atoms with van der Waals surface area (Å²) in [7, 11) is 0. The lowest BCUT2D eigenvalue weighted by atomic mass is 10.0. The average Bonchev–Trinajstić information content (AvgIpc) is 2.62. The minimum atomic E-state index is -0.846. The van der Waals surface area contributed by atoms with Gasteiger partial charge in [0, 0.05) is 12.7 Å². The molecule has 1 aromatic heterocycles. The number of hydrogen-bond donors (Lipinski definition) is 1. The highest BCUT2D eigenvalue weighted by Crippen LogP contribution is 2.13. The number of hydrogen-bond acceptors (Lipinski definition) is 1. The zero-order valence-electron chi connectivity index (χ0n) is 8.73. The van der Waals surface area contributed by atoms with Gasteiger partial charge in [0.2, 0.25) is 0 Å². The molecule has 0 bridgehead atoms. The van der Waals surface area contributed by atoms with Gasteiger partial charge >= 0.3 is 5.97 Å². The van der Waals surface area contributed by atoms with Crippen LogP contribution in [0, 0.1) is 5.92 Å². The van der Waals surface area contributed by atoms with Gasteiger partial charge in [-0.15, -0.1) is 0 Å². The number of aromatic carboxylic acids is 1. The molecule has 14 heavy (non-hydrogen) atoms. The maximum Gasteiger partial charge on any atom is 0.352 e. The molecule has 0 saturated carbocycles. The number of carboxylic acids is 1. The Hall–Kier alpha value is -1.25. The van der Waals surface area contributed by atoms with Crippen LogP contribution in [-0.4, -0.2) is 15.6 Å².